The van der Waals surface area contributed by atoms with Gasteiger partial charge in [-0.05, 0) is 19.8 Å². The Labute approximate surface area is 76.3 Å². The number of piperazine rings is 1. The quantitative estimate of drug-likeness (QED) is 0.641. The van der Waals surface area contributed by atoms with Gasteiger partial charge in [-0.2, -0.15) is 0 Å². The van der Waals surface area contributed by atoms with E-state index in [1.807, 2.05) is 13.8 Å². The third-order valence-electron chi connectivity index (χ3n) is 2.85. The van der Waals surface area contributed by atoms with Crippen LogP contribution in [-0.4, -0.2) is 36.6 Å². The van der Waals surface area contributed by atoms with Gasteiger partial charge in [-0.15, -0.1) is 0 Å². The number of hydrogen-bond acceptors (Lipinski definition) is 2. The van der Waals surface area contributed by atoms with Gasteiger partial charge in [-0.1, -0.05) is 13.8 Å². The van der Waals surface area contributed by atoms with Gasteiger partial charge in [0.25, 0.3) is 0 Å². The average Bonchev–Trinajstić information content (AvgIpc) is 2.90. The molecule has 0 atom stereocenters. The van der Waals surface area contributed by atoms with Gasteiger partial charge in [0.05, 0.1) is 0 Å². The van der Waals surface area contributed by atoms with E-state index in [0.29, 0.717) is 5.54 Å². The summed E-state index contributed by atoms with van der Waals surface area (Å²) in [5, 5.41) is 3.37. The predicted molar refractivity (Wildman–Crippen MR) is 53.4 cm³/mol. The van der Waals surface area contributed by atoms with Crippen molar-refractivity contribution in [2.24, 2.45) is 0 Å². The van der Waals surface area contributed by atoms with Gasteiger partial charge in [-0.3, -0.25) is 4.90 Å². The van der Waals surface area contributed by atoms with Crippen molar-refractivity contribution in [1.82, 2.24) is 10.2 Å². The van der Waals surface area contributed by atoms with Crippen LogP contribution in [-0.2, 0) is 0 Å². The summed E-state index contributed by atoms with van der Waals surface area (Å²) in [7, 11) is 0. The van der Waals surface area contributed by atoms with Crippen LogP contribution < -0.4 is 5.32 Å². The second-order valence-electron chi connectivity index (χ2n) is 3.73. The van der Waals surface area contributed by atoms with E-state index < -0.39 is 0 Å². The zero-order valence-corrected chi connectivity index (χ0v) is 8.69. The normalized spacial score (nSPS) is 27.2. The van der Waals surface area contributed by atoms with Crippen LogP contribution in [0.3, 0.4) is 0 Å². The summed E-state index contributed by atoms with van der Waals surface area (Å²) < 4.78 is 0. The third-order valence-corrected chi connectivity index (χ3v) is 2.85. The fourth-order valence-electron chi connectivity index (χ4n) is 1.70. The van der Waals surface area contributed by atoms with Crippen molar-refractivity contribution in [3.63, 3.8) is 0 Å². The maximum Gasteiger partial charge on any atom is 0.0183 e. The molecule has 0 aromatic heterocycles. The fraction of sp³-hybridized carbons (Fsp3) is 1.00. The molecule has 1 aliphatic carbocycles. The zero-order valence-electron chi connectivity index (χ0n) is 8.69. The third kappa shape index (κ3) is 2.20. The fourth-order valence-corrected chi connectivity index (χ4v) is 1.70. The highest BCUT2D eigenvalue weighted by atomic mass is 15.3. The van der Waals surface area contributed by atoms with E-state index in [1.54, 1.807) is 0 Å². The topological polar surface area (TPSA) is 15.3 Å². The summed E-state index contributed by atoms with van der Waals surface area (Å²) in [4.78, 5) is 2.63. The van der Waals surface area contributed by atoms with Crippen LogP contribution in [0.2, 0.25) is 0 Å². The molecule has 72 valence electrons. The minimum absolute atomic E-state index is 0.613. The summed E-state index contributed by atoms with van der Waals surface area (Å²) in [6.07, 6.45) is 2.85. The highest BCUT2D eigenvalue weighted by Crippen LogP contribution is 2.40. The van der Waals surface area contributed by atoms with Gasteiger partial charge in [-0.25, -0.2) is 0 Å². The van der Waals surface area contributed by atoms with Gasteiger partial charge in [0.15, 0.2) is 0 Å². The number of nitrogens with one attached hydrogen (secondary N) is 1. The second kappa shape index (κ2) is 4.24. The minimum atomic E-state index is 0.613. The Morgan fingerprint density at radius 2 is 1.58 bits per heavy atom. The van der Waals surface area contributed by atoms with Crippen molar-refractivity contribution in [1.29, 1.82) is 0 Å². The summed E-state index contributed by atoms with van der Waals surface area (Å²) in [5.74, 6) is 0. The lowest BCUT2D eigenvalue weighted by atomic mass is 10.2. The molecule has 2 aliphatic rings. The van der Waals surface area contributed by atoms with Gasteiger partial charge in [0.1, 0.15) is 0 Å². The van der Waals surface area contributed by atoms with Gasteiger partial charge in [0.2, 0.25) is 0 Å². The highest BCUT2D eigenvalue weighted by Gasteiger charge is 2.42. The van der Waals surface area contributed by atoms with Crippen LogP contribution >= 0.6 is 0 Å². The van der Waals surface area contributed by atoms with E-state index in [1.165, 1.54) is 39.0 Å². The molecular formula is C10H22N2. The molecule has 0 unspecified atom stereocenters. The van der Waals surface area contributed by atoms with Crippen LogP contribution in [0, 0.1) is 0 Å². The lowest BCUT2D eigenvalue weighted by Crippen LogP contribution is -2.48. The molecule has 2 heteroatoms. The largest absolute Gasteiger partial charge is 0.314 e. The Morgan fingerprint density at radius 3 is 2.00 bits per heavy atom. The van der Waals surface area contributed by atoms with E-state index in [-0.39, 0.29) is 0 Å². The van der Waals surface area contributed by atoms with Crippen LogP contribution in [0.1, 0.15) is 33.6 Å². The Kier molecular flexibility index (Phi) is 3.53. The second-order valence-corrected chi connectivity index (χ2v) is 3.73. The summed E-state index contributed by atoms with van der Waals surface area (Å²) in [6.45, 7) is 11.3. The molecule has 1 aliphatic heterocycles. The van der Waals surface area contributed by atoms with E-state index in [9.17, 15) is 0 Å². The molecule has 2 nitrogen and oxygen atoms in total. The molecule has 0 aromatic rings. The summed E-state index contributed by atoms with van der Waals surface area (Å²) >= 11 is 0. The Balaban J connectivity index is 0.000000336. The standard InChI is InChI=1S/C8H16N2.C2H6/c1-8(2-3-8)10-6-4-9-5-7-10;1-2/h9H,2-7H2,1H3;1-2H3. The average molecular weight is 170 g/mol. The van der Waals surface area contributed by atoms with Gasteiger partial charge in [0, 0.05) is 31.7 Å². The first-order valence-corrected chi connectivity index (χ1v) is 5.27. The first-order chi connectivity index (χ1) is 5.81. The van der Waals surface area contributed by atoms with Crippen molar-refractivity contribution in [2.45, 2.75) is 39.2 Å². The molecule has 1 saturated heterocycles. The van der Waals surface area contributed by atoms with Crippen LogP contribution in [0.5, 0.6) is 0 Å². The summed E-state index contributed by atoms with van der Waals surface area (Å²) in [5.41, 5.74) is 0.613. The molecule has 0 radical (unpaired) electrons. The molecule has 1 heterocycles. The molecule has 12 heavy (non-hydrogen) atoms. The molecule has 2 rings (SSSR count). The van der Waals surface area contributed by atoms with E-state index in [2.05, 4.69) is 17.1 Å². The first-order valence-electron chi connectivity index (χ1n) is 5.27. The van der Waals surface area contributed by atoms with Crippen molar-refractivity contribution < 1.29 is 0 Å². The van der Waals surface area contributed by atoms with Crippen LogP contribution in [0.25, 0.3) is 0 Å². The highest BCUT2D eigenvalue weighted by molar-refractivity contribution is 5.00. The maximum absolute atomic E-state index is 3.37. The number of rotatable bonds is 1. The smallest absolute Gasteiger partial charge is 0.0183 e. The predicted octanol–water partition coefficient (Wildman–Crippen LogP) is 1.47. The first kappa shape index (κ1) is 10.0. The SMILES string of the molecule is CC.CC1(N2CCNCC2)CC1. The number of nitrogens with zero attached hydrogens (tertiary/aromatic N) is 1. The minimum Gasteiger partial charge on any atom is -0.314 e. The molecule has 1 N–H and O–H groups in total. The molecule has 1 saturated carbocycles. The Morgan fingerprint density at radius 1 is 1.08 bits per heavy atom. The molecule has 0 aromatic carbocycles. The van der Waals surface area contributed by atoms with Crippen molar-refractivity contribution in [3.05, 3.63) is 0 Å². The molecule has 0 amide bonds. The summed E-state index contributed by atoms with van der Waals surface area (Å²) in [6, 6.07) is 0. The van der Waals surface area contributed by atoms with Crippen LogP contribution in [0.15, 0.2) is 0 Å². The van der Waals surface area contributed by atoms with Crippen molar-refractivity contribution in [3.8, 4) is 0 Å². The maximum atomic E-state index is 3.37. The Hall–Kier alpha value is -0.0800. The van der Waals surface area contributed by atoms with Gasteiger partial charge >= 0.3 is 0 Å². The van der Waals surface area contributed by atoms with Gasteiger partial charge < -0.3 is 5.32 Å². The Bertz CT molecular complexity index is 124. The molecule has 0 spiro atoms. The van der Waals surface area contributed by atoms with Crippen molar-refractivity contribution >= 4 is 0 Å². The van der Waals surface area contributed by atoms with E-state index in [0.717, 1.165) is 0 Å². The van der Waals surface area contributed by atoms with E-state index >= 15 is 0 Å². The molecule has 2 fully saturated rings. The molecular weight excluding hydrogens is 148 g/mol. The van der Waals surface area contributed by atoms with E-state index in [4.69, 9.17) is 0 Å². The lowest BCUT2D eigenvalue weighted by Gasteiger charge is -2.32. The van der Waals surface area contributed by atoms with Crippen LogP contribution in [0.4, 0.5) is 0 Å². The van der Waals surface area contributed by atoms with Crippen molar-refractivity contribution in [2.75, 3.05) is 26.2 Å². The number of hydrogen-bond donors (Lipinski definition) is 1. The zero-order chi connectivity index (χ0) is 9.03. The lowest BCUT2D eigenvalue weighted by molar-refractivity contribution is 0.168. The molecule has 0 bridgehead atoms. The monoisotopic (exact) mass is 170 g/mol.